The van der Waals surface area contributed by atoms with Gasteiger partial charge in [0.2, 0.25) is 0 Å². The van der Waals surface area contributed by atoms with Crippen molar-refractivity contribution < 1.29 is 0 Å². The molecule has 106 valence electrons. The molecule has 2 nitrogen and oxygen atoms in total. The molecule has 0 aromatic heterocycles. The van der Waals surface area contributed by atoms with Gasteiger partial charge in [-0.25, -0.2) is 0 Å². The van der Waals surface area contributed by atoms with Crippen molar-refractivity contribution >= 4 is 16.9 Å². The molecule has 0 radical (unpaired) electrons. The minimum absolute atomic E-state index is 0.428. The largest absolute Gasteiger partial charge is 0.359 e. The van der Waals surface area contributed by atoms with E-state index in [4.69, 9.17) is 4.99 Å². The predicted octanol–water partition coefficient (Wildman–Crippen LogP) is 3.82. The molecule has 4 atom stereocenters. The van der Waals surface area contributed by atoms with Crippen molar-refractivity contribution in [2.75, 3.05) is 5.75 Å². The summed E-state index contributed by atoms with van der Waals surface area (Å²) in [5.41, 5.74) is 0.428. The number of hydrogen-bond acceptors (Lipinski definition) is 2. The van der Waals surface area contributed by atoms with E-state index in [2.05, 4.69) is 12.2 Å². The maximum absolute atomic E-state index is 5.06. The number of thioether (sulfide) groups is 1. The van der Waals surface area contributed by atoms with Crippen LogP contribution in [0.1, 0.15) is 58.3 Å². The van der Waals surface area contributed by atoms with E-state index in [1.807, 2.05) is 11.8 Å². The first kappa shape index (κ1) is 12.6. The normalized spacial score (nSPS) is 43.2. The van der Waals surface area contributed by atoms with Gasteiger partial charge in [0.25, 0.3) is 0 Å². The highest BCUT2D eigenvalue weighted by molar-refractivity contribution is 8.14. The topological polar surface area (TPSA) is 24.4 Å². The molecule has 0 aromatic rings. The van der Waals surface area contributed by atoms with Gasteiger partial charge < -0.3 is 5.32 Å². The van der Waals surface area contributed by atoms with E-state index < -0.39 is 0 Å². The third-order valence-corrected chi connectivity index (χ3v) is 7.33. The van der Waals surface area contributed by atoms with E-state index in [0.717, 1.165) is 17.8 Å². The number of rotatable bonds is 2. The molecule has 1 spiro atoms. The molecule has 2 bridgehead atoms. The quantitative estimate of drug-likeness (QED) is 0.830. The van der Waals surface area contributed by atoms with Gasteiger partial charge in [0.05, 0.1) is 6.04 Å². The molecule has 19 heavy (non-hydrogen) atoms. The number of hydrogen-bond donors (Lipinski definition) is 1. The first-order valence-corrected chi connectivity index (χ1v) is 9.21. The van der Waals surface area contributed by atoms with Crippen LogP contribution in [0, 0.1) is 17.8 Å². The molecule has 1 N–H and O–H groups in total. The third kappa shape index (κ3) is 2.22. The molecule has 1 heterocycles. The summed E-state index contributed by atoms with van der Waals surface area (Å²) in [6.45, 7) is 2.36. The molecule has 1 saturated heterocycles. The summed E-state index contributed by atoms with van der Waals surface area (Å²) in [6, 6.07) is 0.543. The zero-order chi connectivity index (χ0) is 12.9. The van der Waals surface area contributed by atoms with Gasteiger partial charge in [-0.3, -0.25) is 4.99 Å². The van der Waals surface area contributed by atoms with E-state index in [-0.39, 0.29) is 0 Å². The second kappa shape index (κ2) is 4.68. The van der Waals surface area contributed by atoms with Crippen LogP contribution in [0.3, 0.4) is 0 Å². The van der Waals surface area contributed by atoms with Gasteiger partial charge in [-0.1, -0.05) is 31.0 Å². The maximum atomic E-state index is 5.06. The molecule has 4 aliphatic rings. The van der Waals surface area contributed by atoms with Crippen LogP contribution >= 0.6 is 11.8 Å². The lowest BCUT2D eigenvalue weighted by atomic mass is 9.84. The van der Waals surface area contributed by atoms with E-state index >= 15 is 0 Å². The molecule has 3 heteroatoms. The lowest BCUT2D eigenvalue weighted by Crippen LogP contribution is -2.41. The average molecular weight is 278 g/mol. The van der Waals surface area contributed by atoms with Crippen molar-refractivity contribution in [3.8, 4) is 0 Å². The van der Waals surface area contributed by atoms with Crippen LogP contribution in [-0.2, 0) is 0 Å². The Morgan fingerprint density at radius 1 is 1.26 bits per heavy atom. The minimum atomic E-state index is 0.428. The molecule has 0 aromatic carbocycles. The molecular formula is C16H26N2S. The summed E-state index contributed by atoms with van der Waals surface area (Å²) in [5.74, 6) is 4.18. The number of aliphatic imine (C=N–C) groups is 1. The first-order chi connectivity index (χ1) is 9.24. The molecule has 3 saturated carbocycles. The van der Waals surface area contributed by atoms with Crippen LogP contribution in [0.2, 0.25) is 0 Å². The van der Waals surface area contributed by atoms with Gasteiger partial charge in [-0.05, 0) is 56.8 Å². The fourth-order valence-electron chi connectivity index (χ4n) is 5.06. The zero-order valence-electron chi connectivity index (χ0n) is 12.0. The summed E-state index contributed by atoms with van der Waals surface area (Å²) < 4.78 is 0. The van der Waals surface area contributed by atoms with E-state index in [0.29, 0.717) is 11.6 Å². The lowest BCUT2D eigenvalue weighted by Gasteiger charge is -2.26. The van der Waals surface area contributed by atoms with Crippen molar-refractivity contribution in [1.29, 1.82) is 0 Å². The SMILES string of the molecule is CC(N=C1NC2(CCCC2)CS1)C1CC2CCC1C2. The standard InChI is InChI=1S/C16H26N2S/c1-11(14-9-12-4-5-13(14)8-12)17-15-18-16(10-19-15)6-2-3-7-16/h11-14H,2-10H2,1H3,(H,17,18). The molecule has 4 rings (SSSR count). The fraction of sp³-hybridized carbons (Fsp3) is 0.938. The van der Waals surface area contributed by atoms with Crippen LogP contribution in [0.5, 0.6) is 0 Å². The Hall–Kier alpha value is -0.180. The Kier molecular flexibility index (Phi) is 3.09. The number of nitrogens with zero attached hydrogens (tertiary/aromatic N) is 1. The van der Waals surface area contributed by atoms with Crippen molar-refractivity contribution in [3.63, 3.8) is 0 Å². The summed E-state index contributed by atoms with van der Waals surface area (Å²) in [7, 11) is 0. The van der Waals surface area contributed by atoms with Gasteiger partial charge in [0.15, 0.2) is 5.17 Å². The van der Waals surface area contributed by atoms with Gasteiger partial charge in [0.1, 0.15) is 0 Å². The molecule has 0 amide bonds. The van der Waals surface area contributed by atoms with E-state index in [1.54, 1.807) is 0 Å². The van der Waals surface area contributed by atoms with Gasteiger partial charge in [0, 0.05) is 11.3 Å². The first-order valence-electron chi connectivity index (χ1n) is 8.23. The summed E-state index contributed by atoms with van der Waals surface area (Å²) in [6.07, 6.45) is 11.5. The molecule has 4 unspecified atom stereocenters. The molecule has 4 fully saturated rings. The molecule has 3 aliphatic carbocycles. The molecule has 1 aliphatic heterocycles. The van der Waals surface area contributed by atoms with Crippen LogP contribution in [0.15, 0.2) is 4.99 Å². The van der Waals surface area contributed by atoms with Gasteiger partial charge in [-0.15, -0.1) is 0 Å². The van der Waals surface area contributed by atoms with Crippen molar-refractivity contribution in [3.05, 3.63) is 0 Å². The van der Waals surface area contributed by atoms with Crippen LogP contribution in [0.25, 0.3) is 0 Å². The summed E-state index contributed by atoms with van der Waals surface area (Å²) >= 11 is 1.98. The van der Waals surface area contributed by atoms with E-state index in [1.165, 1.54) is 62.3 Å². The Morgan fingerprint density at radius 2 is 2.11 bits per heavy atom. The van der Waals surface area contributed by atoms with Crippen molar-refractivity contribution in [2.24, 2.45) is 22.7 Å². The summed E-state index contributed by atoms with van der Waals surface area (Å²) in [4.78, 5) is 5.06. The monoisotopic (exact) mass is 278 g/mol. The number of nitrogens with one attached hydrogen (secondary N) is 1. The Bertz CT molecular complexity index is 386. The third-order valence-electron chi connectivity index (χ3n) is 6.15. The number of fused-ring (bicyclic) bond motifs is 2. The lowest BCUT2D eigenvalue weighted by molar-refractivity contribution is 0.293. The van der Waals surface area contributed by atoms with Crippen LogP contribution in [0.4, 0.5) is 0 Å². The Labute approximate surface area is 121 Å². The second-order valence-corrected chi connectivity index (χ2v) is 8.38. The van der Waals surface area contributed by atoms with Crippen molar-refractivity contribution in [2.45, 2.75) is 69.9 Å². The summed E-state index contributed by atoms with van der Waals surface area (Å²) in [5, 5.41) is 5.04. The minimum Gasteiger partial charge on any atom is -0.359 e. The fourth-order valence-corrected chi connectivity index (χ4v) is 6.36. The van der Waals surface area contributed by atoms with Crippen molar-refractivity contribution in [1.82, 2.24) is 5.32 Å². The Balaban J connectivity index is 1.42. The van der Waals surface area contributed by atoms with Crippen LogP contribution < -0.4 is 5.32 Å². The average Bonchev–Trinajstić information content (AvgIpc) is 3.16. The van der Waals surface area contributed by atoms with E-state index in [9.17, 15) is 0 Å². The second-order valence-electron chi connectivity index (χ2n) is 7.41. The molecular weight excluding hydrogens is 252 g/mol. The van der Waals surface area contributed by atoms with Crippen LogP contribution in [-0.4, -0.2) is 22.5 Å². The highest BCUT2D eigenvalue weighted by Crippen LogP contribution is 2.50. The maximum Gasteiger partial charge on any atom is 0.157 e. The predicted molar refractivity (Wildman–Crippen MR) is 82.6 cm³/mol. The zero-order valence-corrected chi connectivity index (χ0v) is 12.8. The van der Waals surface area contributed by atoms with Gasteiger partial charge in [-0.2, -0.15) is 0 Å². The Morgan fingerprint density at radius 3 is 2.79 bits per heavy atom. The highest BCUT2D eigenvalue weighted by atomic mass is 32.2. The van der Waals surface area contributed by atoms with Gasteiger partial charge >= 0.3 is 0 Å². The number of amidine groups is 1. The smallest absolute Gasteiger partial charge is 0.157 e. The highest BCUT2D eigenvalue weighted by Gasteiger charge is 2.43.